The lowest BCUT2D eigenvalue weighted by atomic mass is 10.2. The highest BCUT2D eigenvalue weighted by Crippen LogP contribution is 2.18. The first-order chi connectivity index (χ1) is 11.5. The van der Waals surface area contributed by atoms with Crippen molar-refractivity contribution in [3.63, 3.8) is 0 Å². The molecule has 3 rings (SSSR count). The van der Waals surface area contributed by atoms with Gasteiger partial charge in [-0.15, -0.1) is 0 Å². The van der Waals surface area contributed by atoms with E-state index in [2.05, 4.69) is 34.1 Å². The second kappa shape index (κ2) is 7.36. The molecular weight excluding hydrogens is 322 g/mol. The van der Waals surface area contributed by atoms with Crippen LogP contribution in [0.15, 0.2) is 29.4 Å². The summed E-state index contributed by atoms with van der Waals surface area (Å²) in [6.07, 6.45) is 1.95. The fraction of sp³-hybridized carbons (Fsp3) is 0.444. The minimum Gasteiger partial charge on any atom is -0.303 e. The molecule has 1 aromatic carbocycles. The van der Waals surface area contributed by atoms with Crippen molar-refractivity contribution in [1.82, 2.24) is 19.7 Å². The Labute approximate surface area is 148 Å². The SMILES string of the molecule is Cc1nn(Cc2ccccc2Cl)c(C)c1C=NN1CCN(C)CC1. The molecule has 6 heteroatoms. The third-order valence-corrected chi connectivity index (χ3v) is 4.91. The zero-order valence-electron chi connectivity index (χ0n) is 14.5. The Hall–Kier alpha value is -1.85. The van der Waals surface area contributed by atoms with Crippen LogP contribution in [-0.4, -0.2) is 59.1 Å². The standard InChI is InChI=1S/C18H24ClN5/c1-14-17(12-20-23-10-8-22(3)9-11-23)15(2)24(21-14)13-16-6-4-5-7-18(16)19/h4-7,12H,8-11,13H2,1-3H3. The minimum atomic E-state index is 0.675. The Balaban J connectivity index is 1.76. The van der Waals surface area contributed by atoms with Crippen molar-refractivity contribution in [2.75, 3.05) is 33.2 Å². The molecule has 0 bridgehead atoms. The molecule has 0 aliphatic carbocycles. The highest BCUT2D eigenvalue weighted by Gasteiger charge is 2.14. The Morgan fingerprint density at radius 1 is 1.17 bits per heavy atom. The van der Waals surface area contributed by atoms with Gasteiger partial charge in [0.15, 0.2) is 0 Å². The van der Waals surface area contributed by atoms with E-state index in [4.69, 9.17) is 11.6 Å². The van der Waals surface area contributed by atoms with Crippen LogP contribution in [0.1, 0.15) is 22.5 Å². The molecule has 24 heavy (non-hydrogen) atoms. The molecule has 128 valence electrons. The molecular formula is C18H24ClN5. The first kappa shape index (κ1) is 17.0. The second-order valence-corrected chi connectivity index (χ2v) is 6.74. The maximum absolute atomic E-state index is 6.27. The predicted octanol–water partition coefficient (Wildman–Crippen LogP) is 2.78. The van der Waals surface area contributed by atoms with Crippen molar-refractivity contribution in [2.24, 2.45) is 5.10 Å². The lowest BCUT2D eigenvalue weighted by Crippen LogP contribution is -2.41. The summed E-state index contributed by atoms with van der Waals surface area (Å²) in [6.45, 7) is 8.85. The molecule has 1 aromatic heterocycles. The highest BCUT2D eigenvalue weighted by molar-refractivity contribution is 6.31. The summed E-state index contributed by atoms with van der Waals surface area (Å²) in [6, 6.07) is 7.90. The van der Waals surface area contributed by atoms with Crippen molar-refractivity contribution in [1.29, 1.82) is 0 Å². The van der Waals surface area contributed by atoms with Crippen molar-refractivity contribution in [3.05, 3.63) is 51.8 Å². The van der Waals surface area contributed by atoms with Crippen molar-refractivity contribution in [3.8, 4) is 0 Å². The fourth-order valence-electron chi connectivity index (χ4n) is 2.89. The average molecular weight is 346 g/mol. The van der Waals surface area contributed by atoms with Gasteiger partial charge in [-0.3, -0.25) is 9.69 Å². The van der Waals surface area contributed by atoms with Crippen LogP contribution in [0, 0.1) is 13.8 Å². The lowest BCUT2D eigenvalue weighted by Gasteiger charge is -2.30. The molecule has 0 saturated carbocycles. The number of hydrazone groups is 1. The topological polar surface area (TPSA) is 36.7 Å². The zero-order valence-corrected chi connectivity index (χ0v) is 15.3. The van der Waals surface area contributed by atoms with Crippen LogP contribution in [-0.2, 0) is 6.54 Å². The Kier molecular flexibility index (Phi) is 5.21. The van der Waals surface area contributed by atoms with Gasteiger partial charge in [-0.1, -0.05) is 29.8 Å². The summed E-state index contributed by atoms with van der Waals surface area (Å²) >= 11 is 6.27. The van der Waals surface area contributed by atoms with Gasteiger partial charge in [-0.2, -0.15) is 10.2 Å². The van der Waals surface area contributed by atoms with Gasteiger partial charge in [-0.05, 0) is 32.5 Å². The van der Waals surface area contributed by atoms with Gasteiger partial charge in [0.25, 0.3) is 0 Å². The van der Waals surface area contributed by atoms with E-state index in [0.717, 1.165) is 53.7 Å². The highest BCUT2D eigenvalue weighted by atomic mass is 35.5. The van der Waals surface area contributed by atoms with Crippen LogP contribution in [0.2, 0.25) is 5.02 Å². The number of aryl methyl sites for hydroxylation is 1. The average Bonchev–Trinajstić information content (AvgIpc) is 2.83. The van der Waals surface area contributed by atoms with E-state index < -0.39 is 0 Å². The molecule has 0 radical (unpaired) electrons. The Morgan fingerprint density at radius 2 is 1.88 bits per heavy atom. The van der Waals surface area contributed by atoms with E-state index in [1.165, 1.54) is 0 Å². The first-order valence-electron chi connectivity index (χ1n) is 8.29. The van der Waals surface area contributed by atoms with Crippen molar-refractivity contribution < 1.29 is 0 Å². The predicted molar refractivity (Wildman–Crippen MR) is 98.9 cm³/mol. The van der Waals surface area contributed by atoms with Gasteiger partial charge in [0.1, 0.15) is 0 Å². The Bertz CT molecular complexity index is 729. The van der Waals surface area contributed by atoms with E-state index in [-0.39, 0.29) is 0 Å². The lowest BCUT2D eigenvalue weighted by molar-refractivity contribution is 0.159. The Morgan fingerprint density at radius 3 is 2.58 bits per heavy atom. The number of rotatable bonds is 4. The number of hydrogen-bond acceptors (Lipinski definition) is 4. The molecule has 1 fully saturated rings. The van der Waals surface area contributed by atoms with Crippen LogP contribution < -0.4 is 0 Å². The molecule has 2 heterocycles. The van der Waals surface area contributed by atoms with Crippen LogP contribution in [0.25, 0.3) is 0 Å². The van der Waals surface area contributed by atoms with Crippen LogP contribution >= 0.6 is 11.6 Å². The largest absolute Gasteiger partial charge is 0.303 e. The van der Waals surface area contributed by atoms with Gasteiger partial charge >= 0.3 is 0 Å². The molecule has 0 unspecified atom stereocenters. The summed E-state index contributed by atoms with van der Waals surface area (Å²) in [4.78, 5) is 2.32. The third kappa shape index (κ3) is 3.79. The van der Waals surface area contributed by atoms with Crippen molar-refractivity contribution >= 4 is 17.8 Å². The van der Waals surface area contributed by atoms with Crippen LogP contribution in [0.5, 0.6) is 0 Å². The number of benzene rings is 1. The second-order valence-electron chi connectivity index (χ2n) is 6.34. The van der Waals surface area contributed by atoms with Crippen LogP contribution in [0.4, 0.5) is 0 Å². The smallest absolute Gasteiger partial charge is 0.0685 e. The van der Waals surface area contributed by atoms with E-state index in [1.54, 1.807) is 0 Å². The van der Waals surface area contributed by atoms with Gasteiger partial charge in [0.05, 0.1) is 18.5 Å². The van der Waals surface area contributed by atoms with Gasteiger partial charge in [-0.25, -0.2) is 0 Å². The molecule has 0 amide bonds. The number of aromatic nitrogens is 2. The molecule has 5 nitrogen and oxygen atoms in total. The van der Waals surface area contributed by atoms with E-state index >= 15 is 0 Å². The molecule has 1 aliphatic rings. The van der Waals surface area contributed by atoms with E-state index in [1.807, 2.05) is 42.1 Å². The van der Waals surface area contributed by atoms with Gasteiger partial charge in [0.2, 0.25) is 0 Å². The number of hydrogen-bond donors (Lipinski definition) is 0. The number of piperazine rings is 1. The van der Waals surface area contributed by atoms with Crippen LogP contribution in [0.3, 0.4) is 0 Å². The normalized spacial score (nSPS) is 16.2. The monoisotopic (exact) mass is 345 g/mol. The van der Waals surface area contributed by atoms with Gasteiger partial charge in [0, 0.05) is 42.5 Å². The molecule has 2 aromatic rings. The number of nitrogens with zero attached hydrogens (tertiary/aromatic N) is 5. The summed E-state index contributed by atoms with van der Waals surface area (Å²) < 4.78 is 2.00. The van der Waals surface area contributed by atoms with E-state index in [9.17, 15) is 0 Å². The summed E-state index contributed by atoms with van der Waals surface area (Å²) in [7, 11) is 2.15. The summed E-state index contributed by atoms with van der Waals surface area (Å²) in [5, 5.41) is 12.2. The summed E-state index contributed by atoms with van der Waals surface area (Å²) in [5.74, 6) is 0. The van der Waals surface area contributed by atoms with Gasteiger partial charge < -0.3 is 4.90 Å². The number of halogens is 1. The number of likely N-dealkylation sites (N-methyl/N-ethyl adjacent to an activating group) is 1. The van der Waals surface area contributed by atoms with E-state index in [0.29, 0.717) is 6.54 Å². The molecule has 0 atom stereocenters. The quantitative estimate of drug-likeness (QED) is 0.799. The molecule has 1 aliphatic heterocycles. The summed E-state index contributed by atoms with van der Waals surface area (Å²) in [5.41, 5.74) is 4.29. The molecule has 1 saturated heterocycles. The molecule has 0 spiro atoms. The first-order valence-corrected chi connectivity index (χ1v) is 8.67. The maximum Gasteiger partial charge on any atom is 0.0685 e. The van der Waals surface area contributed by atoms with Crippen molar-refractivity contribution in [2.45, 2.75) is 20.4 Å². The molecule has 0 N–H and O–H groups in total. The minimum absolute atomic E-state index is 0.675. The zero-order chi connectivity index (χ0) is 17.1. The fourth-order valence-corrected chi connectivity index (χ4v) is 3.09. The third-order valence-electron chi connectivity index (χ3n) is 4.55. The maximum atomic E-state index is 6.27.